The molecule has 1 aromatic heterocycles. The molecule has 1 aliphatic rings. The third-order valence-corrected chi connectivity index (χ3v) is 3.81. The quantitative estimate of drug-likeness (QED) is 0.785. The number of carbonyl (C=O) groups is 1. The van der Waals surface area contributed by atoms with Crippen LogP contribution in [0.1, 0.15) is 12.8 Å². The molecule has 0 aliphatic carbocycles. The first kappa shape index (κ1) is 13.1. The van der Waals surface area contributed by atoms with E-state index in [1.807, 2.05) is 18.2 Å². The van der Waals surface area contributed by atoms with E-state index in [9.17, 15) is 4.79 Å². The van der Waals surface area contributed by atoms with Gasteiger partial charge >= 0.3 is 0 Å². The minimum Gasteiger partial charge on any atom is -0.381 e. The Morgan fingerprint density at radius 3 is 3.05 bits per heavy atom. The fourth-order valence-electron chi connectivity index (χ4n) is 2.58. The van der Waals surface area contributed by atoms with Gasteiger partial charge in [-0.3, -0.25) is 9.89 Å². The Kier molecular flexibility index (Phi) is 3.66. The zero-order chi connectivity index (χ0) is 13.9. The van der Waals surface area contributed by atoms with E-state index >= 15 is 0 Å². The number of aromatic nitrogens is 2. The number of hydrogen-bond donors (Lipinski definition) is 3. The van der Waals surface area contributed by atoms with Gasteiger partial charge in [0, 0.05) is 18.6 Å². The van der Waals surface area contributed by atoms with Gasteiger partial charge in [0.15, 0.2) is 0 Å². The molecule has 3 rings (SSSR count). The molecule has 1 fully saturated rings. The molecular formula is C14H18N4O2. The Bertz CT molecular complexity index is 604. The summed E-state index contributed by atoms with van der Waals surface area (Å²) in [5.74, 6) is 0.0312. The van der Waals surface area contributed by atoms with Gasteiger partial charge in [-0.05, 0) is 24.8 Å². The molecule has 1 aromatic carbocycles. The molecule has 20 heavy (non-hydrogen) atoms. The van der Waals surface area contributed by atoms with Crippen LogP contribution in [0.4, 0.5) is 5.69 Å². The van der Waals surface area contributed by atoms with Gasteiger partial charge in [0.05, 0.1) is 23.4 Å². The average Bonchev–Trinajstić information content (AvgIpc) is 2.97. The van der Waals surface area contributed by atoms with Crippen LogP contribution in [0.25, 0.3) is 10.9 Å². The summed E-state index contributed by atoms with van der Waals surface area (Å²) in [5, 5.41) is 10.7. The number of H-pyrrole nitrogens is 1. The number of nitrogens with zero attached hydrogens (tertiary/aromatic N) is 1. The number of fused-ring (bicyclic) bond motifs is 1. The van der Waals surface area contributed by atoms with Crippen LogP contribution in [-0.2, 0) is 9.53 Å². The lowest BCUT2D eigenvalue weighted by molar-refractivity contribution is -0.119. The van der Waals surface area contributed by atoms with E-state index in [1.54, 1.807) is 6.20 Å². The molecule has 6 nitrogen and oxygen atoms in total. The SMILES string of the molecule is NC(C(=O)Nc1cccc2cn[nH]c12)C1CCOCC1. The molecule has 0 bridgehead atoms. The van der Waals surface area contributed by atoms with Gasteiger partial charge in [-0.25, -0.2) is 0 Å². The number of rotatable bonds is 3. The van der Waals surface area contributed by atoms with Gasteiger partial charge < -0.3 is 15.8 Å². The van der Waals surface area contributed by atoms with Gasteiger partial charge in [0.25, 0.3) is 0 Å². The van der Waals surface area contributed by atoms with E-state index in [0.29, 0.717) is 18.9 Å². The number of benzene rings is 1. The molecule has 6 heteroatoms. The summed E-state index contributed by atoms with van der Waals surface area (Å²) in [4.78, 5) is 12.3. The van der Waals surface area contributed by atoms with E-state index in [-0.39, 0.29) is 11.8 Å². The molecule has 4 N–H and O–H groups in total. The van der Waals surface area contributed by atoms with Crippen LogP contribution in [0.5, 0.6) is 0 Å². The van der Waals surface area contributed by atoms with Crippen molar-refractivity contribution in [2.24, 2.45) is 11.7 Å². The van der Waals surface area contributed by atoms with Crippen LogP contribution in [0, 0.1) is 5.92 Å². The summed E-state index contributed by atoms with van der Waals surface area (Å²) in [6, 6.07) is 5.16. The van der Waals surface area contributed by atoms with Gasteiger partial charge in [0.1, 0.15) is 0 Å². The van der Waals surface area contributed by atoms with Crippen molar-refractivity contribution in [3.63, 3.8) is 0 Å². The van der Waals surface area contributed by atoms with Crippen LogP contribution < -0.4 is 11.1 Å². The fraction of sp³-hybridized carbons (Fsp3) is 0.429. The molecule has 0 spiro atoms. The number of aromatic amines is 1. The highest BCUT2D eigenvalue weighted by Gasteiger charge is 2.26. The number of nitrogens with two attached hydrogens (primary N) is 1. The summed E-state index contributed by atoms with van der Waals surface area (Å²) in [5.41, 5.74) is 7.60. The summed E-state index contributed by atoms with van der Waals surface area (Å²) in [6.45, 7) is 1.36. The molecule has 1 atom stereocenters. The van der Waals surface area contributed by atoms with Crippen molar-refractivity contribution in [3.05, 3.63) is 24.4 Å². The number of amides is 1. The Morgan fingerprint density at radius 2 is 2.25 bits per heavy atom. The number of para-hydroxylation sites is 1. The Hall–Kier alpha value is -1.92. The second-order valence-corrected chi connectivity index (χ2v) is 5.10. The highest BCUT2D eigenvalue weighted by Crippen LogP contribution is 2.22. The minimum absolute atomic E-state index is 0.154. The Labute approximate surface area is 116 Å². The molecule has 1 unspecified atom stereocenters. The maximum Gasteiger partial charge on any atom is 0.241 e. The van der Waals surface area contributed by atoms with Gasteiger partial charge in [-0.15, -0.1) is 0 Å². The number of carbonyl (C=O) groups excluding carboxylic acids is 1. The van der Waals surface area contributed by atoms with E-state index in [2.05, 4.69) is 15.5 Å². The fourth-order valence-corrected chi connectivity index (χ4v) is 2.58. The maximum atomic E-state index is 12.3. The van der Waals surface area contributed by atoms with Crippen molar-refractivity contribution in [2.75, 3.05) is 18.5 Å². The number of nitrogens with one attached hydrogen (secondary N) is 2. The lowest BCUT2D eigenvalue weighted by Gasteiger charge is -2.26. The third-order valence-electron chi connectivity index (χ3n) is 3.81. The molecule has 1 amide bonds. The standard InChI is InChI=1S/C14H18N4O2/c15-12(9-4-6-20-7-5-9)14(19)17-11-3-1-2-10-8-16-18-13(10)11/h1-3,8-9,12H,4-7,15H2,(H,16,18)(H,17,19). The predicted octanol–water partition coefficient (Wildman–Crippen LogP) is 1.26. The molecule has 1 aliphatic heterocycles. The maximum absolute atomic E-state index is 12.3. The van der Waals surface area contributed by atoms with E-state index in [0.717, 1.165) is 23.7 Å². The monoisotopic (exact) mass is 274 g/mol. The smallest absolute Gasteiger partial charge is 0.241 e. The van der Waals surface area contributed by atoms with Crippen LogP contribution in [0.15, 0.2) is 24.4 Å². The Morgan fingerprint density at radius 1 is 1.45 bits per heavy atom. The minimum atomic E-state index is -0.503. The topological polar surface area (TPSA) is 93.0 Å². The predicted molar refractivity (Wildman–Crippen MR) is 76.2 cm³/mol. The van der Waals surface area contributed by atoms with Gasteiger partial charge in [-0.2, -0.15) is 5.10 Å². The summed E-state index contributed by atoms with van der Waals surface area (Å²) < 4.78 is 5.29. The van der Waals surface area contributed by atoms with Crippen LogP contribution >= 0.6 is 0 Å². The van der Waals surface area contributed by atoms with Crippen molar-refractivity contribution in [1.29, 1.82) is 0 Å². The number of hydrogen-bond acceptors (Lipinski definition) is 4. The molecular weight excluding hydrogens is 256 g/mol. The highest BCUT2D eigenvalue weighted by atomic mass is 16.5. The van der Waals surface area contributed by atoms with Crippen molar-refractivity contribution in [3.8, 4) is 0 Å². The largest absolute Gasteiger partial charge is 0.381 e. The van der Waals surface area contributed by atoms with Crippen molar-refractivity contribution < 1.29 is 9.53 Å². The van der Waals surface area contributed by atoms with E-state index < -0.39 is 6.04 Å². The normalized spacial score (nSPS) is 18.1. The number of ether oxygens (including phenoxy) is 1. The average molecular weight is 274 g/mol. The van der Waals surface area contributed by atoms with E-state index in [4.69, 9.17) is 10.5 Å². The second-order valence-electron chi connectivity index (χ2n) is 5.10. The summed E-state index contributed by atoms with van der Waals surface area (Å²) in [7, 11) is 0. The van der Waals surface area contributed by atoms with Crippen LogP contribution in [-0.4, -0.2) is 35.4 Å². The lowest BCUT2D eigenvalue weighted by atomic mass is 9.92. The molecule has 106 valence electrons. The zero-order valence-corrected chi connectivity index (χ0v) is 11.1. The third kappa shape index (κ3) is 2.52. The molecule has 2 heterocycles. The van der Waals surface area contributed by atoms with Crippen molar-refractivity contribution >= 4 is 22.5 Å². The lowest BCUT2D eigenvalue weighted by Crippen LogP contribution is -2.44. The Balaban J connectivity index is 1.73. The zero-order valence-electron chi connectivity index (χ0n) is 11.1. The summed E-state index contributed by atoms with van der Waals surface area (Å²) in [6.07, 6.45) is 3.40. The van der Waals surface area contributed by atoms with Crippen LogP contribution in [0.2, 0.25) is 0 Å². The number of anilines is 1. The second kappa shape index (κ2) is 5.60. The first-order valence-electron chi connectivity index (χ1n) is 6.82. The first-order chi connectivity index (χ1) is 9.75. The summed E-state index contributed by atoms with van der Waals surface area (Å²) >= 11 is 0. The highest BCUT2D eigenvalue weighted by molar-refractivity contribution is 6.02. The molecule has 1 saturated heterocycles. The molecule has 0 saturated carbocycles. The first-order valence-corrected chi connectivity index (χ1v) is 6.82. The van der Waals surface area contributed by atoms with Crippen LogP contribution in [0.3, 0.4) is 0 Å². The van der Waals surface area contributed by atoms with Crippen molar-refractivity contribution in [2.45, 2.75) is 18.9 Å². The molecule has 0 radical (unpaired) electrons. The van der Waals surface area contributed by atoms with E-state index in [1.165, 1.54) is 0 Å². The van der Waals surface area contributed by atoms with Gasteiger partial charge in [-0.1, -0.05) is 12.1 Å². The van der Waals surface area contributed by atoms with Crippen molar-refractivity contribution in [1.82, 2.24) is 10.2 Å². The molecule has 2 aromatic rings. The van der Waals surface area contributed by atoms with Gasteiger partial charge in [0.2, 0.25) is 5.91 Å².